The normalized spacial score (nSPS) is 30.1. The molecule has 21 heavy (non-hydrogen) atoms. The quantitative estimate of drug-likeness (QED) is 0.643. The zero-order valence-corrected chi connectivity index (χ0v) is 14.1. The van der Waals surface area contributed by atoms with E-state index in [4.69, 9.17) is 0 Å². The lowest BCUT2D eigenvalue weighted by molar-refractivity contribution is 0.311. The van der Waals surface area contributed by atoms with Crippen molar-refractivity contribution in [3.8, 4) is 0 Å². The van der Waals surface area contributed by atoms with Crippen molar-refractivity contribution in [1.82, 2.24) is 0 Å². The van der Waals surface area contributed by atoms with Crippen LogP contribution in [0.5, 0.6) is 0 Å². The van der Waals surface area contributed by atoms with Crippen molar-refractivity contribution in [3.05, 3.63) is 47.1 Å². The van der Waals surface area contributed by atoms with Gasteiger partial charge in [-0.05, 0) is 77.2 Å². The predicted octanol–water partition coefficient (Wildman–Crippen LogP) is 5.73. The molecule has 0 bridgehead atoms. The van der Waals surface area contributed by atoms with Crippen LogP contribution in [-0.4, -0.2) is 11.7 Å². The highest BCUT2D eigenvalue weighted by molar-refractivity contribution is 5.11. The molecule has 0 aliphatic heterocycles. The molecule has 1 unspecified atom stereocenters. The summed E-state index contributed by atoms with van der Waals surface area (Å²) in [7, 11) is 0. The second-order valence-corrected chi connectivity index (χ2v) is 6.52. The molecule has 0 aromatic heterocycles. The summed E-state index contributed by atoms with van der Waals surface area (Å²) in [5, 5.41) is 9.38. The van der Waals surface area contributed by atoms with Gasteiger partial charge in [0.1, 0.15) is 0 Å². The molecule has 0 saturated heterocycles. The average molecular weight is 288 g/mol. The standard InChI is InChI=1S/C20H32O/c1-16-7-5-9-17(2)11-13-20(19(4)15-21)14-12-18(3)10-6-8-16/h7,10-11,20-21H,4-6,8-9,12-15H2,1-3H3/b16-7+,17-11+,18-10+. The molecule has 0 amide bonds. The molecule has 1 N–H and O–H groups in total. The van der Waals surface area contributed by atoms with Crippen LogP contribution in [0.1, 0.15) is 65.7 Å². The Bertz CT molecular complexity index is 423. The van der Waals surface area contributed by atoms with Crippen LogP contribution in [0.15, 0.2) is 47.1 Å². The van der Waals surface area contributed by atoms with Crippen LogP contribution < -0.4 is 0 Å². The topological polar surface area (TPSA) is 20.2 Å². The fourth-order valence-corrected chi connectivity index (χ4v) is 2.76. The number of hydrogen-bond acceptors (Lipinski definition) is 1. The van der Waals surface area contributed by atoms with Gasteiger partial charge in [0.25, 0.3) is 0 Å². The van der Waals surface area contributed by atoms with Gasteiger partial charge in [0.2, 0.25) is 0 Å². The fraction of sp³-hybridized carbons (Fsp3) is 0.600. The van der Waals surface area contributed by atoms with Gasteiger partial charge in [-0.3, -0.25) is 0 Å². The van der Waals surface area contributed by atoms with Crippen LogP contribution in [0.4, 0.5) is 0 Å². The molecular weight excluding hydrogens is 256 g/mol. The van der Waals surface area contributed by atoms with Crippen LogP contribution >= 0.6 is 0 Å². The summed E-state index contributed by atoms with van der Waals surface area (Å²) in [5.74, 6) is 0.411. The summed E-state index contributed by atoms with van der Waals surface area (Å²) in [6, 6.07) is 0. The molecule has 1 rings (SSSR count). The molecule has 1 aliphatic carbocycles. The minimum absolute atomic E-state index is 0.113. The van der Waals surface area contributed by atoms with Crippen molar-refractivity contribution in [2.45, 2.75) is 65.7 Å². The monoisotopic (exact) mass is 288 g/mol. The van der Waals surface area contributed by atoms with E-state index in [-0.39, 0.29) is 6.61 Å². The van der Waals surface area contributed by atoms with Gasteiger partial charge >= 0.3 is 0 Å². The van der Waals surface area contributed by atoms with Gasteiger partial charge < -0.3 is 5.11 Å². The van der Waals surface area contributed by atoms with Crippen LogP contribution in [0.3, 0.4) is 0 Å². The molecule has 1 aliphatic rings. The van der Waals surface area contributed by atoms with Crippen LogP contribution in [0.2, 0.25) is 0 Å². The summed E-state index contributed by atoms with van der Waals surface area (Å²) in [6.45, 7) is 10.9. The molecule has 1 atom stereocenters. The maximum atomic E-state index is 9.38. The summed E-state index contributed by atoms with van der Waals surface area (Å²) < 4.78 is 0. The minimum Gasteiger partial charge on any atom is -0.392 e. The van der Waals surface area contributed by atoms with E-state index in [2.05, 4.69) is 45.6 Å². The summed E-state index contributed by atoms with van der Waals surface area (Å²) in [4.78, 5) is 0. The lowest BCUT2D eigenvalue weighted by atomic mass is 9.89. The van der Waals surface area contributed by atoms with Crippen LogP contribution in [0, 0.1) is 5.92 Å². The van der Waals surface area contributed by atoms with E-state index in [0.717, 1.165) is 44.1 Å². The highest BCUT2D eigenvalue weighted by Gasteiger charge is 2.11. The second-order valence-electron chi connectivity index (χ2n) is 6.52. The summed E-state index contributed by atoms with van der Waals surface area (Å²) >= 11 is 0. The van der Waals surface area contributed by atoms with Gasteiger partial charge in [-0.2, -0.15) is 0 Å². The molecular formula is C20H32O. The van der Waals surface area contributed by atoms with Crippen molar-refractivity contribution in [1.29, 1.82) is 0 Å². The third-order valence-electron chi connectivity index (χ3n) is 4.48. The first-order valence-corrected chi connectivity index (χ1v) is 8.28. The Morgan fingerprint density at radius 1 is 1.00 bits per heavy atom. The Morgan fingerprint density at radius 2 is 1.52 bits per heavy atom. The molecule has 0 saturated carbocycles. The zero-order valence-electron chi connectivity index (χ0n) is 14.1. The van der Waals surface area contributed by atoms with Crippen LogP contribution in [-0.2, 0) is 0 Å². The third kappa shape index (κ3) is 7.47. The zero-order chi connectivity index (χ0) is 15.7. The number of hydrogen-bond donors (Lipinski definition) is 1. The molecule has 0 aromatic rings. The molecule has 0 heterocycles. The van der Waals surface area contributed by atoms with Crippen molar-refractivity contribution >= 4 is 0 Å². The lowest BCUT2D eigenvalue weighted by Gasteiger charge is -2.17. The van der Waals surface area contributed by atoms with Gasteiger partial charge in [0.05, 0.1) is 6.61 Å². The van der Waals surface area contributed by atoms with Gasteiger partial charge in [-0.15, -0.1) is 0 Å². The minimum atomic E-state index is 0.113. The predicted molar refractivity (Wildman–Crippen MR) is 93.3 cm³/mol. The molecule has 1 nitrogen and oxygen atoms in total. The second kappa shape index (κ2) is 9.78. The Balaban J connectivity index is 2.80. The molecule has 0 spiro atoms. The molecule has 0 fully saturated rings. The third-order valence-corrected chi connectivity index (χ3v) is 4.48. The SMILES string of the molecule is C=C(CO)C1C/C=C(\C)CC/C=C(\C)CC/C=C(\C)CC1. The first-order chi connectivity index (χ1) is 10.0. The van der Waals surface area contributed by atoms with Gasteiger partial charge in [-0.1, -0.05) is 41.5 Å². The summed E-state index contributed by atoms with van der Waals surface area (Å²) in [6.07, 6.45) is 14.9. The Morgan fingerprint density at radius 3 is 2.10 bits per heavy atom. The summed E-state index contributed by atoms with van der Waals surface area (Å²) in [5.41, 5.74) is 5.42. The van der Waals surface area contributed by atoms with Gasteiger partial charge in [0, 0.05) is 0 Å². The Kier molecular flexibility index (Phi) is 8.37. The van der Waals surface area contributed by atoms with E-state index in [1.807, 2.05) is 0 Å². The Hall–Kier alpha value is -1.08. The molecule has 0 radical (unpaired) electrons. The van der Waals surface area contributed by atoms with E-state index in [9.17, 15) is 5.11 Å². The van der Waals surface area contributed by atoms with Gasteiger partial charge in [-0.25, -0.2) is 0 Å². The van der Waals surface area contributed by atoms with E-state index < -0.39 is 0 Å². The highest BCUT2D eigenvalue weighted by atomic mass is 16.3. The van der Waals surface area contributed by atoms with Crippen molar-refractivity contribution < 1.29 is 5.11 Å². The number of aliphatic hydroxyl groups excluding tert-OH is 1. The maximum absolute atomic E-state index is 9.38. The first-order valence-electron chi connectivity index (χ1n) is 8.28. The van der Waals surface area contributed by atoms with Crippen LogP contribution in [0.25, 0.3) is 0 Å². The van der Waals surface area contributed by atoms with E-state index in [0.29, 0.717) is 5.92 Å². The van der Waals surface area contributed by atoms with Gasteiger partial charge in [0.15, 0.2) is 0 Å². The number of aliphatic hydroxyl groups is 1. The Labute approximate surface area is 131 Å². The number of allylic oxidation sites excluding steroid dienone is 6. The van der Waals surface area contributed by atoms with Crippen molar-refractivity contribution in [2.75, 3.05) is 6.61 Å². The van der Waals surface area contributed by atoms with Crippen molar-refractivity contribution in [3.63, 3.8) is 0 Å². The lowest BCUT2D eigenvalue weighted by Crippen LogP contribution is -2.07. The number of rotatable bonds is 2. The smallest absolute Gasteiger partial charge is 0.0641 e. The van der Waals surface area contributed by atoms with E-state index in [1.165, 1.54) is 23.1 Å². The van der Waals surface area contributed by atoms with E-state index in [1.54, 1.807) is 0 Å². The van der Waals surface area contributed by atoms with E-state index >= 15 is 0 Å². The first kappa shape index (κ1) is 18.0. The van der Waals surface area contributed by atoms with Crippen molar-refractivity contribution in [2.24, 2.45) is 5.92 Å². The fourth-order valence-electron chi connectivity index (χ4n) is 2.76. The maximum Gasteiger partial charge on any atom is 0.0641 e. The molecule has 118 valence electrons. The highest BCUT2D eigenvalue weighted by Crippen LogP contribution is 2.24. The average Bonchev–Trinajstić information content (AvgIpc) is 2.45. The molecule has 0 aromatic carbocycles. The largest absolute Gasteiger partial charge is 0.392 e. The molecule has 1 heteroatoms.